The normalized spacial score (nSPS) is 10.7. The molecule has 0 bridgehead atoms. The van der Waals surface area contributed by atoms with E-state index in [-0.39, 0.29) is 5.56 Å². The average Bonchev–Trinajstić information content (AvgIpc) is 3.07. The summed E-state index contributed by atoms with van der Waals surface area (Å²) in [6, 6.07) is 8.02. The lowest BCUT2D eigenvalue weighted by atomic mass is 10.1. The van der Waals surface area contributed by atoms with Crippen molar-refractivity contribution in [2.24, 2.45) is 0 Å². The van der Waals surface area contributed by atoms with E-state index in [0.29, 0.717) is 23.0 Å². The molecule has 2 aromatic heterocycles. The number of nitrogens with zero attached hydrogens (tertiary/aromatic N) is 2. The average molecular weight is 270 g/mol. The zero-order valence-corrected chi connectivity index (χ0v) is 10.5. The van der Waals surface area contributed by atoms with Gasteiger partial charge in [0.2, 0.25) is 5.82 Å². The summed E-state index contributed by atoms with van der Waals surface area (Å²) < 4.78 is 10.4. The van der Waals surface area contributed by atoms with Crippen LogP contribution in [0, 0.1) is 6.92 Å². The van der Waals surface area contributed by atoms with Crippen LogP contribution in [0.25, 0.3) is 22.8 Å². The van der Waals surface area contributed by atoms with E-state index >= 15 is 0 Å². The summed E-state index contributed by atoms with van der Waals surface area (Å²) in [5.74, 6) is 0.492. The maximum absolute atomic E-state index is 10.8. The number of carbonyl (C=O) groups is 1. The molecule has 1 aromatic carbocycles. The van der Waals surface area contributed by atoms with Crippen molar-refractivity contribution in [2.45, 2.75) is 6.92 Å². The first kappa shape index (κ1) is 12.2. The van der Waals surface area contributed by atoms with Gasteiger partial charge in [-0.1, -0.05) is 17.3 Å². The Morgan fingerprint density at radius 1 is 1.20 bits per heavy atom. The van der Waals surface area contributed by atoms with Gasteiger partial charge in [0.05, 0.1) is 17.4 Å². The van der Waals surface area contributed by atoms with Gasteiger partial charge in [-0.2, -0.15) is 4.98 Å². The highest BCUT2D eigenvalue weighted by Crippen LogP contribution is 2.25. The standard InChI is InChI=1S/C14H10N2O4/c1-8-11(6-7-19-8)13-15-12(16-20-13)9-2-4-10(5-3-9)14(17)18/h2-7H,1H3,(H,17,18). The smallest absolute Gasteiger partial charge is 0.335 e. The number of aromatic nitrogens is 2. The summed E-state index contributed by atoms with van der Waals surface area (Å²) in [5.41, 5.74) is 1.64. The first-order valence-electron chi connectivity index (χ1n) is 5.87. The van der Waals surface area contributed by atoms with Gasteiger partial charge in [0.15, 0.2) is 0 Å². The van der Waals surface area contributed by atoms with E-state index in [0.717, 1.165) is 5.56 Å². The zero-order chi connectivity index (χ0) is 14.1. The highest BCUT2D eigenvalue weighted by atomic mass is 16.5. The third-order valence-electron chi connectivity index (χ3n) is 2.91. The number of carboxylic acids is 1. The molecule has 6 heteroatoms. The Morgan fingerprint density at radius 3 is 2.55 bits per heavy atom. The largest absolute Gasteiger partial charge is 0.478 e. The summed E-state index contributed by atoms with van der Waals surface area (Å²) in [7, 11) is 0. The summed E-state index contributed by atoms with van der Waals surface area (Å²) in [6.07, 6.45) is 1.55. The second-order valence-electron chi connectivity index (χ2n) is 4.20. The number of furan rings is 1. The van der Waals surface area contributed by atoms with Gasteiger partial charge < -0.3 is 14.0 Å². The van der Waals surface area contributed by atoms with Crippen LogP contribution in [-0.2, 0) is 0 Å². The Balaban J connectivity index is 1.94. The third kappa shape index (κ3) is 2.07. The molecule has 0 aliphatic rings. The molecule has 100 valence electrons. The lowest BCUT2D eigenvalue weighted by molar-refractivity contribution is 0.0697. The number of aromatic carboxylic acids is 1. The third-order valence-corrected chi connectivity index (χ3v) is 2.91. The Kier molecular flexibility index (Phi) is 2.83. The van der Waals surface area contributed by atoms with E-state index < -0.39 is 5.97 Å². The SMILES string of the molecule is Cc1occc1-c1nc(-c2ccc(C(=O)O)cc2)no1. The van der Waals surface area contributed by atoms with Gasteiger partial charge in [-0.3, -0.25) is 0 Å². The van der Waals surface area contributed by atoms with Crippen LogP contribution in [-0.4, -0.2) is 21.2 Å². The topological polar surface area (TPSA) is 89.4 Å². The fraction of sp³-hybridized carbons (Fsp3) is 0.0714. The highest BCUT2D eigenvalue weighted by molar-refractivity contribution is 5.88. The molecule has 2 heterocycles. The van der Waals surface area contributed by atoms with Gasteiger partial charge in [0.1, 0.15) is 5.76 Å². The minimum atomic E-state index is -0.973. The molecule has 1 N–H and O–H groups in total. The molecule has 0 unspecified atom stereocenters. The van der Waals surface area contributed by atoms with E-state index in [9.17, 15) is 4.79 Å². The van der Waals surface area contributed by atoms with Gasteiger partial charge in [-0.25, -0.2) is 4.79 Å². The van der Waals surface area contributed by atoms with E-state index in [2.05, 4.69) is 10.1 Å². The molecule has 0 fully saturated rings. The molecular formula is C14H10N2O4. The van der Waals surface area contributed by atoms with Gasteiger partial charge >= 0.3 is 5.97 Å². The first-order valence-corrected chi connectivity index (χ1v) is 5.87. The number of benzene rings is 1. The molecule has 3 aromatic rings. The van der Waals surface area contributed by atoms with Crippen LogP contribution in [0.4, 0.5) is 0 Å². The molecule has 0 radical (unpaired) electrons. The van der Waals surface area contributed by atoms with Crippen molar-refractivity contribution in [3.8, 4) is 22.8 Å². The Hall–Kier alpha value is -2.89. The van der Waals surface area contributed by atoms with Gasteiger partial charge in [0.25, 0.3) is 5.89 Å². The predicted octanol–water partition coefficient (Wildman–Crippen LogP) is 3.00. The van der Waals surface area contributed by atoms with Crippen LogP contribution in [0.3, 0.4) is 0 Å². The molecule has 0 saturated carbocycles. The summed E-state index contributed by atoms with van der Waals surface area (Å²) in [4.78, 5) is 15.1. The van der Waals surface area contributed by atoms with Crippen molar-refractivity contribution >= 4 is 5.97 Å². The minimum Gasteiger partial charge on any atom is -0.478 e. The zero-order valence-electron chi connectivity index (χ0n) is 10.5. The molecule has 0 amide bonds. The van der Waals surface area contributed by atoms with E-state index in [1.165, 1.54) is 12.1 Å². The Labute approximate surface area is 113 Å². The molecule has 3 rings (SSSR count). The van der Waals surface area contributed by atoms with E-state index in [4.69, 9.17) is 14.0 Å². The van der Waals surface area contributed by atoms with Crippen molar-refractivity contribution in [3.05, 3.63) is 47.9 Å². The second-order valence-corrected chi connectivity index (χ2v) is 4.20. The Bertz CT molecular complexity index is 756. The molecule has 0 saturated heterocycles. The monoisotopic (exact) mass is 270 g/mol. The Morgan fingerprint density at radius 2 is 1.95 bits per heavy atom. The van der Waals surface area contributed by atoms with Crippen molar-refractivity contribution in [1.82, 2.24) is 10.1 Å². The molecule has 0 aliphatic heterocycles. The molecule has 0 aliphatic carbocycles. The summed E-state index contributed by atoms with van der Waals surface area (Å²) in [5, 5.41) is 12.7. The number of rotatable bonds is 3. The van der Waals surface area contributed by atoms with E-state index in [1.807, 2.05) is 0 Å². The first-order chi connectivity index (χ1) is 9.65. The summed E-state index contributed by atoms with van der Waals surface area (Å²) >= 11 is 0. The van der Waals surface area contributed by atoms with Crippen molar-refractivity contribution in [1.29, 1.82) is 0 Å². The quantitative estimate of drug-likeness (QED) is 0.786. The van der Waals surface area contributed by atoms with Gasteiger partial charge in [0, 0.05) is 5.56 Å². The number of carboxylic acid groups (broad SMARTS) is 1. The van der Waals surface area contributed by atoms with Crippen molar-refractivity contribution in [2.75, 3.05) is 0 Å². The van der Waals surface area contributed by atoms with Crippen LogP contribution in [0.1, 0.15) is 16.1 Å². The predicted molar refractivity (Wildman–Crippen MR) is 69.1 cm³/mol. The van der Waals surface area contributed by atoms with Crippen molar-refractivity contribution < 1.29 is 18.8 Å². The summed E-state index contributed by atoms with van der Waals surface area (Å²) in [6.45, 7) is 1.81. The number of hydrogen-bond donors (Lipinski definition) is 1. The fourth-order valence-electron chi connectivity index (χ4n) is 1.82. The molecule has 0 spiro atoms. The fourth-order valence-corrected chi connectivity index (χ4v) is 1.82. The van der Waals surface area contributed by atoms with Crippen LogP contribution in [0.2, 0.25) is 0 Å². The van der Waals surface area contributed by atoms with Gasteiger partial charge in [-0.15, -0.1) is 0 Å². The highest BCUT2D eigenvalue weighted by Gasteiger charge is 2.14. The van der Waals surface area contributed by atoms with Crippen LogP contribution < -0.4 is 0 Å². The number of hydrogen-bond acceptors (Lipinski definition) is 5. The molecule has 6 nitrogen and oxygen atoms in total. The maximum Gasteiger partial charge on any atom is 0.335 e. The lowest BCUT2D eigenvalue weighted by Gasteiger charge is -1.95. The van der Waals surface area contributed by atoms with Crippen LogP contribution in [0.5, 0.6) is 0 Å². The van der Waals surface area contributed by atoms with E-state index in [1.54, 1.807) is 31.4 Å². The second kappa shape index (κ2) is 4.65. The van der Waals surface area contributed by atoms with Crippen LogP contribution in [0.15, 0.2) is 45.5 Å². The lowest BCUT2D eigenvalue weighted by Crippen LogP contribution is -1.95. The van der Waals surface area contributed by atoms with Crippen LogP contribution >= 0.6 is 0 Å². The minimum absolute atomic E-state index is 0.211. The van der Waals surface area contributed by atoms with Gasteiger partial charge in [-0.05, 0) is 25.1 Å². The molecular weight excluding hydrogens is 260 g/mol. The maximum atomic E-state index is 10.8. The molecule has 20 heavy (non-hydrogen) atoms. The van der Waals surface area contributed by atoms with Crippen molar-refractivity contribution in [3.63, 3.8) is 0 Å². The molecule has 0 atom stereocenters. The number of aryl methyl sites for hydroxylation is 1.